The van der Waals surface area contributed by atoms with Gasteiger partial charge in [-0.15, -0.1) is 0 Å². The summed E-state index contributed by atoms with van der Waals surface area (Å²) in [7, 11) is -6.00. The van der Waals surface area contributed by atoms with Gasteiger partial charge in [-0.25, -0.2) is 0 Å². The number of benzene rings is 1. The number of nitrogens with zero attached hydrogens (tertiary/aromatic N) is 1. The summed E-state index contributed by atoms with van der Waals surface area (Å²) in [4.78, 5) is 2.80. The molecule has 0 fully saturated rings. The van der Waals surface area contributed by atoms with Gasteiger partial charge in [0.1, 0.15) is 4.71 Å². The van der Waals surface area contributed by atoms with Crippen LogP contribution in [0.25, 0.3) is 0 Å². The molecule has 1 aromatic heterocycles. The van der Waals surface area contributed by atoms with Crippen LogP contribution in [0, 0.1) is 0 Å². The van der Waals surface area contributed by atoms with Crippen molar-refractivity contribution in [3.63, 3.8) is 0 Å². The maximum atomic E-state index is 9.75. The molecule has 1 nitrogen and oxygen atoms in total. The van der Waals surface area contributed by atoms with Crippen LogP contribution >= 0.6 is 23.5 Å². The number of rotatable bonds is 1. The zero-order chi connectivity index (χ0) is 13.9. The van der Waals surface area contributed by atoms with Crippen molar-refractivity contribution >= 4 is 30.8 Å². The quantitative estimate of drug-likeness (QED) is 0.531. The summed E-state index contributed by atoms with van der Waals surface area (Å²) in [6, 6.07) is 12.7. The van der Waals surface area contributed by atoms with Crippen molar-refractivity contribution in [2.75, 3.05) is 0 Å². The Morgan fingerprint density at radius 3 is 1.68 bits per heavy atom. The molecule has 19 heavy (non-hydrogen) atoms. The number of hydrogen-bond donors (Lipinski definition) is 0. The van der Waals surface area contributed by atoms with E-state index in [2.05, 4.69) is 53.4 Å². The third-order valence-corrected chi connectivity index (χ3v) is 4.99. The molecule has 0 spiro atoms. The molecule has 1 aliphatic rings. The highest BCUT2D eigenvalue weighted by Crippen LogP contribution is 2.53. The van der Waals surface area contributed by atoms with Crippen molar-refractivity contribution in [2.24, 2.45) is 0 Å². The normalized spacial score (nSPS) is 14.7. The van der Waals surface area contributed by atoms with Crippen LogP contribution in [0.2, 0.25) is 0 Å². The van der Waals surface area contributed by atoms with Crippen molar-refractivity contribution in [3.8, 4) is 0 Å². The average molecular weight is 306 g/mol. The van der Waals surface area contributed by atoms with E-state index in [0.717, 1.165) is 0 Å². The second-order valence-corrected chi connectivity index (χ2v) is 6.16. The zero-order valence-electron chi connectivity index (χ0n) is 9.55. The van der Waals surface area contributed by atoms with E-state index in [1.807, 2.05) is 23.5 Å². The van der Waals surface area contributed by atoms with E-state index in [9.17, 15) is 17.3 Å². The Labute approximate surface area is 116 Å². The van der Waals surface area contributed by atoms with E-state index in [4.69, 9.17) is 0 Å². The molecular weight excluding hydrogens is 297 g/mol. The van der Waals surface area contributed by atoms with Crippen molar-refractivity contribution < 1.29 is 17.3 Å². The fourth-order valence-corrected chi connectivity index (χ4v) is 4.24. The van der Waals surface area contributed by atoms with Crippen LogP contribution in [0.15, 0.2) is 58.6 Å². The van der Waals surface area contributed by atoms with Gasteiger partial charge in [0.05, 0.1) is 0 Å². The summed E-state index contributed by atoms with van der Waals surface area (Å²) in [6.07, 6.45) is 4.24. The second kappa shape index (κ2) is 5.96. The van der Waals surface area contributed by atoms with Crippen LogP contribution < -0.4 is 0 Å². The second-order valence-electron chi connectivity index (χ2n) is 3.61. The first-order chi connectivity index (χ1) is 8.93. The van der Waals surface area contributed by atoms with E-state index in [-0.39, 0.29) is 0 Å². The van der Waals surface area contributed by atoms with Gasteiger partial charge in [0.2, 0.25) is 0 Å². The van der Waals surface area contributed by atoms with E-state index in [1.165, 1.54) is 9.79 Å². The molecule has 0 atom stereocenters. The monoisotopic (exact) mass is 306 g/mol. The number of fused-ring (bicyclic) bond motifs is 1. The number of aromatic nitrogens is 1. The topological polar surface area (TPSA) is 4.93 Å². The van der Waals surface area contributed by atoms with Gasteiger partial charge in [-0.2, -0.15) is 0 Å². The SMILES string of the molecule is F[B-](F)(F)F.c1ccc2c(c1)SC(n1cccc1)S2. The highest BCUT2D eigenvalue weighted by molar-refractivity contribution is 8.18. The van der Waals surface area contributed by atoms with Gasteiger partial charge in [0, 0.05) is 22.2 Å². The Hall–Kier alpha value is -1.02. The van der Waals surface area contributed by atoms with Crippen molar-refractivity contribution in [3.05, 3.63) is 48.8 Å². The first-order valence-electron chi connectivity index (χ1n) is 5.35. The molecular formula is C11H9BF4NS2-. The van der Waals surface area contributed by atoms with Gasteiger partial charge in [-0.3, -0.25) is 0 Å². The van der Waals surface area contributed by atoms with Crippen LogP contribution in [0.4, 0.5) is 17.3 Å². The molecule has 1 aliphatic heterocycles. The largest absolute Gasteiger partial charge is 0.673 e. The molecule has 0 radical (unpaired) electrons. The Morgan fingerprint density at radius 2 is 1.26 bits per heavy atom. The minimum absolute atomic E-state index is 0.474. The van der Waals surface area contributed by atoms with Gasteiger partial charge in [0.25, 0.3) is 0 Å². The molecule has 8 heteroatoms. The third kappa shape index (κ3) is 4.54. The summed E-state index contributed by atoms with van der Waals surface area (Å²) < 4.78 is 41.7. The van der Waals surface area contributed by atoms with Gasteiger partial charge in [0.15, 0.2) is 0 Å². The summed E-state index contributed by atoms with van der Waals surface area (Å²) in [5.74, 6) is 0. The van der Waals surface area contributed by atoms with E-state index < -0.39 is 7.25 Å². The highest BCUT2D eigenvalue weighted by Gasteiger charge is 2.23. The smallest absolute Gasteiger partial charge is 0.418 e. The molecule has 0 N–H and O–H groups in total. The average Bonchev–Trinajstić information content (AvgIpc) is 2.95. The lowest BCUT2D eigenvalue weighted by Gasteiger charge is -2.08. The Morgan fingerprint density at radius 1 is 0.842 bits per heavy atom. The Balaban J connectivity index is 0.000000232. The fraction of sp³-hybridized carbons (Fsp3) is 0.0909. The molecule has 0 saturated heterocycles. The van der Waals surface area contributed by atoms with Gasteiger partial charge < -0.3 is 21.8 Å². The Bertz CT molecular complexity index is 499. The van der Waals surface area contributed by atoms with Crippen LogP contribution in [-0.2, 0) is 0 Å². The molecule has 0 aliphatic carbocycles. The molecule has 2 heterocycles. The van der Waals surface area contributed by atoms with E-state index in [0.29, 0.717) is 4.71 Å². The van der Waals surface area contributed by atoms with Crippen LogP contribution in [0.3, 0.4) is 0 Å². The maximum Gasteiger partial charge on any atom is 0.673 e. The van der Waals surface area contributed by atoms with Crippen LogP contribution in [0.1, 0.15) is 4.71 Å². The first-order valence-corrected chi connectivity index (χ1v) is 7.11. The fourth-order valence-electron chi connectivity index (χ4n) is 1.50. The lowest BCUT2D eigenvalue weighted by atomic mass is 10.3. The van der Waals surface area contributed by atoms with Crippen LogP contribution in [0.5, 0.6) is 0 Å². The van der Waals surface area contributed by atoms with Gasteiger partial charge in [-0.1, -0.05) is 35.7 Å². The predicted octanol–water partition coefficient (Wildman–Crippen LogP) is 5.14. The lowest BCUT2D eigenvalue weighted by Crippen LogP contribution is -2.02. The van der Waals surface area contributed by atoms with Crippen molar-refractivity contribution in [1.82, 2.24) is 4.57 Å². The number of halogens is 4. The zero-order valence-corrected chi connectivity index (χ0v) is 11.2. The van der Waals surface area contributed by atoms with E-state index in [1.54, 1.807) is 0 Å². The summed E-state index contributed by atoms with van der Waals surface area (Å²) in [6.45, 7) is 0. The Kier molecular flexibility index (Phi) is 4.52. The molecule has 0 saturated carbocycles. The first kappa shape index (κ1) is 14.4. The summed E-state index contributed by atoms with van der Waals surface area (Å²) >= 11 is 3.84. The van der Waals surface area contributed by atoms with Gasteiger partial charge >= 0.3 is 7.25 Å². The van der Waals surface area contributed by atoms with Crippen LogP contribution in [-0.4, -0.2) is 11.8 Å². The molecule has 2 aromatic rings. The third-order valence-electron chi connectivity index (χ3n) is 2.18. The maximum absolute atomic E-state index is 9.75. The minimum Gasteiger partial charge on any atom is -0.418 e. The molecule has 1 aromatic carbocycles. The molecule has 102 valence electrons. The standard InChI is InChI=1S/C11H9NS2.BF4/c1-2-6-10-9(5-1)13-11(14-10)12-7-3-4-8-12;2-1(3,4)5/h1-8,11H;/q;-1. The van der Waals surface area contributed by atoms with Crippen molar-refractivity contribution in [1.29, 1.82) is 0 Å². The van der Waals surface area contributed by atoms with Gasteiger partial charge in [-0.05, 0) is 24.3 Å². The summed E-state index contributed by atoms with van der Waals surface area (Å²) in [5.41, 5.74) is 0. The highest BCUT2D eigenvalue weighted by atomic mass is 32.2. The van der Waals surface area contributed by atoms with E-state index >= 15 is 0 Å². The molecule has 0 unspecified atom stereocenters. The minimum atomic E-state index is -6.00. The number of thioether (sulfide) groups is 2. The molecule has 0 bridgehead atoms. The summed E-state index contributed by atoms with van der Waals surface area (Å²) in [5, 5.41) is 0. The van der Waals surface area contributed by atoms with Crippen molar-refractivity contribution in [2.45, 2.75) is 14.5 Å². The number of hydrogen-bond acceptors (Lipinski definition) is 2. The lowest BCUT2D eigenvalue weighted by molar-refractivity contribution is 0.368. The predicted molar refractivity (Wildman–Crippen MR) is 71.8 cm³/mol. The molecule has 0 amide bonds. The molecule has 3 rings (SSSR count).